The van der Waals surface area contributed by atoms with Crippen LogP contribution in [0.25, 0.3) is 0 Å². The molecule has 4 fully saturated rings. The van der Waals surface area contributed by atoms with E-state index in [0.717, 1.165) is 56.9 Å². The molecule has 0 aromatic heterocycles. The molecule has 232 valence electrons. The SMILES string of the molecule is CC(=O)OC(CCC[C@@H](C)[C@H]1CC[C@H]2C3=C(F)C[C@H]4[C@H]5OC(C)(C)O[C@H]5CC[C@]4(C)[C@H]3CC[C@]12C)c1ccccc1F. The lowest BCUT2D eigenvalue weighted by atomic mass is 9.47. The molecule has 0 N–H and O–H groups in total. The van der Waals surface area contributed by atoms with Crippen molar-refractivity contribution in [2.75, 3.05) is 0 Å². The van der Waals surface area contributed by atoms with Crippen molar-refractivity contribution in [1.82, 2.24) is 0 Å². The van der Waals surface area contributed by atoms with E-state index in [1.165, 1.54) is 13.0 Å². The zero-order valence-corrected chi connectivity index (χ0v) is 26.4. The van der Waals surface area contributed by atoms with Gasteiger partial charge in [0, 0.05) is 18.9 Å². The minimum absolute atomic E-state index is 0.0177. The van der Waals surface area contributed by atoms with E-state index in [4.69, 9.17) is 14.2 Å². The molecule has 1 unspecified atom stereocenters. The van der Waals surface area contributed by atoms with Gasteiger partial charge in [0.15, 0.2) is 5.79 Å². The maximum absolute atomic E-state index is 16.3. The highest BCUT2D eigenvalue weighted by atomic mass is 19.1. The number of carbonyl (C=O) groups excluding carboxylic acids is 1. The normalized spacial score (nSPS) is 40.0. The average molecular weight is 585 g/mol. The van der Waals surface area contributed by atoms with Crippen LogP contribution >= 0.6 is 0 Å². The van der Waals surface area contributed by atoms with Gasteiger partial charge in [-0.15, -0.1) is 0 Å². The fraction of sp³-hybridized carbons (Fsp3) is 0.750. The van der Waals surface area contributed by atoms with E-state index in [1.807, 2.05) is 13.8 Å². The summed E-state index contributed by atoms with van der Waals surface area (Å²) in [6.07, 6.45) is 8.88. The number of esters is 1. The molecule has 6 heteroatoms. The number of rotatable bonds is 7. The van der Waals surface area contributed by atoms with E-state index < -0.39 is 11.9 Å². The van der Waals surface area contributed by atoms with Crippen LogP contribution in [0.3, 0.4) is 0 Å². The highest BCUT2D eigenvalue weighted by Gasteiger charge is 2.63. The van der Waals surface area contributed by atoms with Gasteiger partial charge >= 0.3 is 5.97 Å². The predicted octanol–water partition coefficient (Wildman–Crippen LogP) is 9.24. The van der Waals surface area contributed by atoms with Crippen molar-refractivity contribution in [1.29, 1.82) is 0 Å². The Morgan fingerprint density at radius 3 is 2.43 bits per heavy atom. The van der Waals surface area contributed by atoms with Crippen LogP contribution in [-0.2, 0) is 19.0 Å². The maximum Gasteiger partial charge on any atom is 0.303 e. The first-order valence-electron chi connectivity index (χ1n) is 16.5. The fourth-order valence-corrected chi connectivity index (χ4v) is 10.6. The van der Waals surface area contributed by atoms with Crippen molar-refractivity contribution >= 4 is 5.97 Å². The van der Waals surface area contributed by atoms with Crippen LogP contribution in [0.15, 0.2) is 35.7 Å². The topological polar surface area (TPSA) is 44.8 Å². The molecule has 10 atom stereocenters. The van der Waals surface area contributed by atoms with Crippen molar-refractivity contribution < 1.29 is 27.8 Å². The molecule has 1 aromatic rings. The minimum atomic E-state index is -0.589. The fourth-order valence-electron chi connectivity index (χ4n) is 10.6. The number of ether oxygens (including phenoxy) is 3. The van der Waals surface area contributed by atoms with E-state index in [0.29, 0.717) is 42.1 Å². The summed E-state index contributed by atoms with van der Waals surface area (Å²) in [6.45, 7) is 12.6. The highest BCUT2D eigenvalue weighted by molar-refractivity contribution is 5.66. The van der Waals surface area contributed by atoms with Crippen molar-refractivity contribution in [3.05, 3.63) is 47.0 Å². The summed E-state index contributed by atoms with van der Waals surface area (Å²) < 4.78 is 49.1. The molecule has 0 radical (unpaired) electrons. The molecule has 0 spiro atoms. The number of halogens is 2. The summed E-state index contributed by atoms with van der Waals surface area (Å²) in [4.78, 5) is 11.8. The number of allylic oxidation sites excluding steroid dienone is 2. The second-order valence-electron chi connectivity index (χ2n) is 15.2. The Morgan fingerprint density at radius 1 is 0.976 bits per heavy atom. The van der Waals surface area contributed by atoms with Gasteiger partial charge in [-0.05, 0) is 117 Å². The molecule has 42 heavy (non-hydrogen) atoms. The molecule has 6 rings (SSSR count). The van der Waals surface area contributed by atoms with Gasteiger partial charge < -0.3 is 14.2 Å². The largest absolute Gasteiger partial charge is 0.458 e. The van der Waals surface area contributed by atoms with E-state index in [9.17, 15) is 9.18 Å². The van der Waals surface area contributed by atoms with Crippen molar-refractivity contribution in [2.24, 2.45) is 40.4 Å². The predicted molar refractivity (Wildman–Crippen MR) is 158 cm³/mol. The van der Waals surface area contributed by atoms with E-state index >= 15 is 4.39 Å². The lowest BCUT2D eigenvalue weighted by Gasteiger charge is -2.58. The molecule has 1 aromatic carbocycles. The van der Waals surface area contributed by atoms with Gasteiger partial charge in [0.05, 0.1) is 12.2 Å². The standard InChI is InChI=1S/C36H50F2O4/c1-21(10-9-13-30(40-22(2)39)23-11-7-8-12-28(23)37)24-14-15-25-32-26(16-18-35(24,25)5)36(6)19-17-31-33(27(36)20-29(32)38)42-34(3,4)41-31/h7-8,11-12,21,24-27,30-31,33H,9-10,13-20H2,1-6H3/t21-,24-,25+,26+,27+,30?,31+,33-,35-,36-/m1/s1. The van der Waals surface area contributed by atoms with Crippen LogP contribution in [0, 0.1) is 46.2 Å². The molecule has 4 aliphatic carbocycles. The van der Waals surface area contributed by atoms with Gasteiger partial charge in [-0.25, -0.2) is 8.78 Å². The van der Waals surface area contributed by atoms with Crippen LogP contribution in [-0.4, -0.2) is 24.0 Å². The summed E-state index contributed by atoms with van der Waals surface area (Å²) in [5.41, 5.74) is 1.76. The quantitative estimate of drug-likeness (QED) is 0.300. The van der Waals surface area contributed by atoms with E-state index in [-0.39, 0.29) is 46.6 Å². The molecular formula is C36H50F2O4. The maximum atomic E-state index is 16.3. The second-order valence-corrected chi connectivity index (χ2v) is 15.2. The molecular weight excluding hydrogens is 534 g/mol. The van der Waals surface area contributed by atoms with Crippen molar-refractivity contribution in [3.8, 4) is 0 Å². The Balaban J connectivity index is 1.15. The molecule has 0 bridgehead atoms. The van der Waals surface area contributed by atoms with Crippen LogP contribution in [0.5, 0.6) is 0 Å². The summed E-state index contributed by atoms with van der Waals surface area (Å²) in [5, 5.41) is 0. The van der Waals surface area contributed by atoms with Crippen LogP contribution < -0.4 is 0 Å². The summed E-state index contributed by atoms with van der Waals surface area (Å²) >= 11 is 0. The molecule has 5 aliphatic rings. The lowest BCUT2D eigenvalue weighted by molar-refractivity contribution is -0.154. The van der Waals surface area contributed by atoms with Gasteiger partial charge in [-0.2, -0.15) is 0 Å². The van der Waals surface area contributed by atoms with Crippen LogP contribution in [0.1, 0.15) is 117 Å². The lowest BCUT2D eigenvalue weighted by Crippen LogP contribution is -2.55. The zero-order chi connectivity index (χ0) is 30.0. The van der Waals surface area contributed by atoms with Crippen molar-refractivity contribution in [2.45, 2.75) is 130 Å². The third kappa shape index (κ3) is 5.06. The van der Waals surface area contributed by atoms with Crippen LogP contribution in [0.4, 0.5) is 8.78 Å². The number of carbonyl (C=O) groups is 1. The Kier molecular flexibility index (Phi) is 7.91. The Bertz CT molecular complexity index is 1230. The van der Waals surface area contributed by atoms with Gasteiger partial charge in [0.2, 0.25) is 0 Å². The first-order chi connectivity index (χ1) is 19.8. The van der Waals surface area contributed by atoms with E-state index in [2.05, 4.69) is 20.8 Å². The Labute approximate surface area is 250 Å². The smallest absolute Gasteiger partial charge is 0.303 e. The summed E-state index contributed by atoms with van der Waals surface area (Å²) in [5.74, 6) is 0.608. The molecule has 3 saturated carbocycles. The average Bonchev–Trinajstić information content (AvgIpc) is 3.44. The van der Waals surface area contributed by atoms with Gasteiger partial charge in [-0.3, -0.25) is 4.79 Å². The first kappa shape index (κ1) is 30.2. The number of benzene rings is 1. The van der Waals surface area contributed by atoms with Crippen molar-refractivity contribution in [3.63, 3.8) is 0 Å². The Hall–Kier alpha value is -1.79. The molecule has 1 aliphatic heterocycles. The molecule has 1 saturated heterocycles. The van der Waals surface area contributed by atoms with Crippen LogP contribution in [0.2, 0.25) is 0 Å². The molecule has 0 amide bonds. The van der Waals surface area contributed by atoms with E-state index in [1.54, 1.807) is 18.2 Å². The number of fused-ring (bicyclic) bond motifs is 7. The zero-order valence-electron chi connectivity index (χ0n) is 26.4. The third-order valence-corrected chi connectivity index (χ3v) is 12.4. The van der Waals surface area contributed by atoms with Gasteiger partial charge in [0.25, 0.3) is 0 Å². The van der Waals surface area contributed by atoms with Gasteiger partial charge in [-0.1, -0.05) is 45.4 Å². The number of hydrogen-bond acceptors (Lipinski definition) is 4. The summed E-state index contributed by atoms with van der Waals surface area (Å²) in [7, 11) is 0. The first-order valence-corrected chi connectivity index (χ1v) is 16.5. The highest BCUT2D eigenvalue weighted by Crippen LogP contribution is 2.69. The van der Waals surface area contributed by atoms with Gasteiger partial charge in [0.1, 0.15) is 17.7 Å². The Morgan fingerprint density at radius 2 is 1.69 bits per heavy atom. The molecule has 1 heterocycles. The summed E-state index contributed by atoms with van der Waals surface area (Å²) in [6, 6.07) is 6.58. The number of hydrogen-bond donors (Lipinski definition) is 0. The minimum Gasteiger partial charge on any atom is -0.458 e. The molecule has 4 nitrogen and oxygen atoms in total. The monoisotopic (exact) mass is 584 g/mol. The second kappa shape index (κ2) is 11.0. The third-order valence-electron chi connectivity index (χ3n) is 12.4.